The number of phenolic OH excluding ortho intramolecular Hbond substituents is 1. The molecule has 0 bridgehead atoms. The third-order valence-electron chi connectivity index (χ3n) is 9.72. The Morgan fingerprint density at radius 1 is 1.14 bits per heavy atom. The number of nitrogens with two attached hydrogens (primary N) is 1. The van der Waals surface area contributed by atoms with Crippen LogP contribution in [-0.4, -0.2) is 70.0 Å². The number of alkyl halides is 1. The minimum atomic E-state index is -0.917. The van der Waals surface area contributed by atoms with E-state index in [0.29, 0.717) is 48.0 Å². The third-order valence-corrected chi connectivity index (χ3v) is 9.72. The molecule has 3 aliphatic rings. The van der Waals surface area contributed by atoms with Crippen molar-refractivity contribution in [2.24, 2.45) is 11.7 Å². The number of nitrogens with zero attached hydrogens (tertiary/aromatic N) is 4. The predicted octanol–water partition coefficient (Wildman–Crippen LogP) is 5.54. The van der Waals surface area contributed by atoms with Crippen molar-refractivity contribution in [1.82, 2.24) is 14.9 Å². The van der Waals surface area contributed by atoms with Gasteiger partial charge >= 0.3 is 6.01 Å². The summed E-state index contributed by atoms with van der Waals surface area (Å²) in [5.74, 6) is 1.69. The second-order valence-electron chi connectivity index (χ2n) is 13.1. The van der Waals surface area contributed by atoms with Crippen LogP contribution in [0.5, 0.6) is 11.8 Å². The normalized spacial score (nSPS) is 22.4. The Morgan fingerprint density at radius 3 is 2.68 bits per heavy atom. The fourth-order valence-corrected chi connectivity index (χ4v) is 7.19. The quantitative estimate of drug-likeness (QED) is 0.281. The summed E-state index contributed by atoms with van der Waals surface area (Å²) < 4.78 is 52.1. The van der Waals surface area contributed by atoms with Crippen LogP contribution in [0.3, 0.4) is 0 Å². The molecule has 1 aromatic heterocycles. The zero-order chi connectivity index (χ0) is 31.0. The maximum absolute atomic E-state index is 16.7. The topological polar surface area (TPSA) is 87.7 Å². The zero-order valence-electron chi connectivity index (χ0n) is 24.7. The van der Waals surface area contributed by atoms with Crippen LogP contribution in [0.4, 0.5) is 19.0 Å². The summed E-state index contributed by atoms with van der Waals surface area (Å²) in [6.07, 6.45) is 6.90. The van der Waals surface area contributed by atoms with Crippen LogP contribution in [-0.2, 0) is 0 Å². The number of terminal acetylenes is 1. The van der Waals surface area contributed by atoms with Gasteiger partial charge < -0.3 is 20.5 Å². The van der Waals surface area contributed by atoms with Crippen molar-refractivity contribution < 1.29 is 23.0 Å². The molecule has 0 aliphatic carbocycles. The van der Waals surface area contributed by atoms with E-state index >= 15 is 4.39 Å². The molecular weight excluding hydrogens is 567 g/mol. The summed E-state index contributed by atoms with van der Waals surface area (Å²) in [7, 11) is 0. The summed E-state index contributed by atoms with van der Waals surface area (Å²) >= 11 is 0. The van der Waals surface area contributed by atoms with Crippen molar-refractivity contribution >= 4 is 27.5 Å². The van der Waals surface area contributed by atoms with Crippen LogP contribution in [0.15, 0.2) is 36.4 Å². The number of anilines is 1. The number of hydrogen-bond donors (Lipinski definition) is 2. The minimum absolute atomic E-state index is 0.00123. The van der Waals surface area contributed by atoms with Crippen molar-refractivity contribution in [3.63, 3.8) is 0 Å². The van der Waals surface area contributed by atoms with E-state index in [2.05, 4.69) is 15.8 Å². The number of hydrogen-bond acceptors (Lipinski definition) is 7. The van der Waals surface area contributed by atoms with Gasteiger partial charge in [-0.1, -0.05) is 18.1 Å². The number of fused-ring (bicyclic) bond motifs is 3. The molecule has 10 heteroatoms. The number of halogens is 3. The van der Waals surface area contributed by atoms with Gasteiger partial charge in [0.25, 0.3) is 0 Å². The Kier molecular flexibility index (Phi) is 6.68. The van der Waals surface area contributed by atoms with Gasteiger partial charge in [0.15, 0.2) is 5.82 Å². The zero-order valence-corrected chi connectivity index (χ0v) is 24.7. The van der Waals surface area contributed by atoms with Crippen LogP contribution in [0.1, 0.15) is 38.7 Å². The number of ether oxygens (including phenoxy) is 1. The molecule has 0 radical (unpaired) electrons. The molecular formula is C34H34F3N5O2. The Hall–Kier alpha value is -4.07. The Balaban J connectivity index is 1.36. The highest BCUT2D eigenvalue weighted by atomic mass is 19.1. The molecule has 7 rings (SSSR count). The first-order valence-electron chi connectivity index (χ1n) is 15.0. The molecule has 4 heterocycles. The van der Waals surface area contributed by atoms with Crippen LogP contribution in [0.25, 0.3) is 32.8 Å². The fourth-order valence-electron chi connectivity index (χ4n) is 7.19. The molecule has 228 valence electrons. The summed E-state index contributed by atoms with van der Waals surface area (Å²) in [5, 5.41) is 11.8. The van der Waals surface area contributed by atoms with Gasteiger partial charge in [-0.2, -0.15) is 9.97 Å². The van der Waals surface area contributed by atoms with Gasteiger partial charge in [0.2, 0.25) is 0 Å². The lowest BCUT2D eigenvalue weighted by molar-refractivity contribution is 0.107. The van der Waals surface area contributed by atoms with Crippen LogP contribution >= 0.6 is 0 Å². The van der Waals surface area contributed by atoms with Gasteiger partial charge in [-0.25, -0.2) is 13.2 Å². The molecule has 0 spiro atoms. The first-order chi connectivity index (χ1) is 21.0. The lowest BCUT2D eigenvalue weighted by Gasteiger charge is -2.46. The number of benzene rings is 3. The molecule has 0 unspecified atom stereocenters. The number of aromatic hydroxyl groups is 1. The highest BCUT2D eigenvalue weighted by molar-refractivity contribution is 6.04. The number of phenols is 1. The first-order valence-corrected chi connectivity index (χ1v) is 15.0. The van der Waals surface area contributed by atoms with Crippen molar-refractivity contribution in [3.8, 4) is 35.2 Å². The van der Waals surface area contributed by atoms with E-state index in [1.54, 1.807) is 12.1 Å². The highest BCUT2D eigenvalue weighted by Gasteiger charge is 2.49. The molecule has 3 saturated heterocycles. The predicted molar refractivity (Wildman–Crippen MR) is 165 cm³/mol. The summed E-state index contributed by atoms with van der Waals surface area (Å²) in [6, 6.07) is 8.85. The molecule has 0 saturated carbocycles. The maximum Gasteiger partial charge on any atom is 0.319 e. The molecule has 44 heavy (non-hydrogen) atoms. The van der Waals surface area contributed by atoms with Crippen molar-refractivity contribution in [3.05, 3.63) is 53.6 Å². The van der Waals surface area contributed by atoms with Crippen molar-refractivity contribution in [2.45, 2.75) is 50.4 Å². The van der Waals surface area contributed by atoms with Crippen molar-refractivity contribution in [1.29, 1.82) is 0 Å². The summed E-state index contributed by atoms with van der Waals surface area (Å²) in [6.45, 7) is 6.60. The number of aromatic nitrogens is 2. The van der Waals surface area contributed by atoms with E-state index in [9.17, 15) is 13.9 Å². The van der Waals surface area contributed by atoms with Crippen molar-refractivity contribution in [2.75, 3.05) is 37.7 Å². The Bertz CT molecular complexity index is 1850. The average molecular weight is 602 g/mol. The molecule has 3 aliphatic heterocycles. The Labute approximate surface area is 253 Å². The van der Waals surface area contributed by atoms with E-state index in [4.69, 9.17) is 21.9 Å². The second-order valence-corrected chi connectivity index (χ2v) is 13.1. The van der Waals surface area contributed by atoms with Gasteiger partial charge in [-0.05, 0) is 68.4 Å². The van der Waals surface area contributed by atoms with E-state index < -0.39 is 28.9 Å². The molecule has 3 N–H and O–H groups in total. The first kappa shape index (κ1) is 28.7. The maximum atomic E-state index is 16.7. The largest absolute Gasteiger partial charge is 0.508 e. The molecule has 7 nitrogen and oxygen atoms in total. The lowest BCUT2D eigenvalue weighted by atomic mass is 9.82. The summed E-state index contributed by atoms with van der Waals surface area (Å²) in [4.78, 5) is 13.4. The highest BCUT2D eigenvalue weighted by Crippen LogP contribution is 2.43. The van der Waals surface area contributed by atoms with Gasteiger partial charge in [-0.15, -0.1) is 6.42 Å². The van der Waals surface area contributed by atoms with Gasteiger partial charge in [-0.3, -0.25) is 4.90 Å². The second kappa shape index (κ2) is 10.2. The molecule has 3 aromatic carbocycles. The molecule has 2 atom stereocenters. The smallest absolute Gasteiger partial charge is 0.319 e. The Morgan fingerprint density at radius 2 is 1.93 bits per heavy atom. The van der Waals surface area contributed by atoms with E-state index in [0.717, 1.165) is 19.4 Å². The van der Waals surface area contributed by atoms with Crippen LogP contribution in [0, 0.1) is 29.9 Å². The van der Waals surface area contributed by atoms with Crippen LogP contribution in [0.2, 0.25) is 0 Å². The van der Waals surface area contributed by atoms with Gasteiger partial charge in [0.05, 0.1) is 11.1 Å². The average Bonchev–Trinajstić information content (AvgIpc) is 3.46. The third kappa shape index (κ3) is 4.61. The molecule has 0 amide bonds. The molecule has 3 fully saturated rings. The SMILES string of the molecule is C#Cc1c(F)ccc2cc(O)cc(-c3ccc4c(N5CC(C(C)(C)N)C5)nc(OC[C@@]56CCCN5C[C@H](F)C6)nc4c3F)c12. The monoisotopic (exact) mass is 601 g/mol. The van der Waals surface area contributed by atoms with E-state index in [1.807, 2.05) is 18.7 Å². The van der Waals surface area contributed by atoms with Gasteiger partial charge in [0, 0.05) is 53.8 Å². The minimum Gasteiger partial charge on any atom is -0.508 e. The summed E-state index contributed by atoms with van der Waals surface area (Å²) in [5.41, 5.74) is 5.86. The van der Waals surface area contributed by atoms with Crippen LogP contribution < -0.4 is 15.4 Å². The van der Waals surface area contributed by atoms with E-state index in [1.165, 1.54) is 24.3 Å². The standard InChI is InChI=1S/C34H34F3N5O2/c1-4-23-27(36)9-6-19-12-22(43)13-26(28(19)23)24-7-8-25-30(29(24)37)39-32(40-31(25)41-15-20(16-41)33(2,3)38)44-18-34-10-5-11-42(34)17-21(35)14-34/h1,6-9,12-13,20-21,43H,5,10-11,14-18,38H2,2-3H3/t21-,34+/m1/s1. The number of rotatable bonds is 6. The van der Waals surface area contributed by atoms with Gasteiger partial charge in [0.1, 0.15) is 35.7 Å². The lowest BCUT2D eigenvalue weighted by Crippen LogP contribution is -2.59. The fraction of sp³-hybridized carbons (Fsp3) is 0.412. The molecule has 4 aromatic rings. The van der Waals surface area contributed by atoms with E-state index in [-0.39, 0.29) is 46.5 Å².